The van der Waals surface area contributed by atoms with E-state index in [0.717, 1.165) is 12.1 Å². The minimum atomic E-state index is -1.10. The Morgan fingerprint density at radius 1 is 1.24 bits per heavy atom. The molecule has 114 valence electrons. The van der Waals surface area contributed by atoms with Gasteiger partial charge in [-0.25, -0.2) is 4.79 Å². The highest BCUT2D eigenvalue weighted by atomic mass is 16.7. The van der Waals surface area contributed by atoms with Gasteiger partial charge in [0.15, 0.2) is 0 Å². The number of carbonyl (C=O) groups is 1. The van der Waals surface area contributed by atoms with E-state index in [-0.39, 0.29) is 23.8 Å². The van der Waals surface area contributed by atoms with Crippen LogP contribution in [0.5, 0.6) is 5.75 Å². The van der Waals surface area contributed by atoms with Crippen molar-refractivity contribution in [3.05, 3.63) is 37.9 Å². The summed E-state index contributed by atoms with van der Waals surface area (Å²) in [5.74, 6) is -0.660. The summed E-state index contributed by atoms with van der Waals surface area (Å²) in [7, 11) is 0. The fourth-order valence-corrected chi connectivity index (χ4v) is 1.63. The van der Waals surface area contributed by atoms with Crippen LogP contribution in [0.2, 0.25) is 0 Å². The molecule has 0 aliphatic carbocycles. The van der Waals surface area contributed by atoms with Gasteiger partial charge in [-0.1, -0.05) is 13.8 Å². The first-order chi connectivity index (χ1) is 9.77. The molecule has 0 amide bonds. The Labute approximate surface area is 119 Å². The van der Waals surface area contributed by atoms with E-state index in [2.05, 4.69) is 4.74 Å². The Morgan fingerprint density at radius 2 is 1.86 bits per heavy atom. The molecule has 0 radical (unpaired) electrons. The molecule has 0 aliphatic heterocycles. The van der Waals surface area contributed by atoms with E-state index in [9.17, 15) is 25.0 Å². The van der Waals surface area contributed by atoms with Crippen molar-refractivity contribution < 1.29 is 24.1 Å². The third-order valence-corrected chi connectivity index (χ3v) is 2.56. The van der Waals surface area contributed by atoms with Crippen molar-refractivity contribution in [1.29, 1.82) is 0 Å². The van der Waals surface area contributed by atoms with Crippen LogP contribution >= 0.6 is 0 Å². The number of nitro groups is 2. The summed E-state index contributed by atoms with van der Waals surface area (Å²) >= 11 is 0. The maximum atomic E-state index is 11.4. The van der Waals surface area contributed by atoms with Gasteiger partial charge >= 0.3 is 11.8 Å². The minimum Gasteiger partial charge on any atom is -0.434 e. The highest BCUT2D eigenvalue weighted by Gasteiger charge is 2.28. The molecule has 21 heavy (non-hydrogen) atoms. The van der Waals surface area contributed by atoms with Gasteiger partial charge in [0, 0.05) is 11.6 Å². The summed E-state index contributed by atoms with van der Waals surface area (Å²) in [5.41, 5.74) is -0.911. The zero-order chi connectivity index (χ0) is 16.2. The van der Waals surface area contributed by atoms with E-state index in [1.54, 1.807) is 20.8 Å². The maximum Gasteiger partial charge on any atom is 0.514 e. The number of carbonyl (C=O) groups excluding carboxylic acids is 1. The van der Waals surface area contributed by atoms with Crippen molar-refractivity contribution in [1.82, 2.24) is 0 Å². The average Bonchev–Trinajstić information content (AvgIpc) is 2.37. The van der Waals surface area contributed by atoms with E-state index in [4.69, 9.17) is 4.74 Å². The van der Waals surface area contributed by atoms with Gasteiger partial charge in [-0.05, 0) is 12.8 Å². The number of ether oxygens (including phenoxy) is 2. The largest absolute Gasteiger partial charge is 0.514 e. The molecule has 0 saturated heterocycles. The predicted molar refractivity (Wildman–Crippen MR) is 71.5 cm³/mol. The van der Waals surface area contributed by atoms with Gasteiger partial charge < -0.3 is 9.47 Å². The molecule has 0 fully saturated rings. The third kappa shape index (κ3) is 3.88. The molecule has 0 unspecified atom stereocenters. The lowest BCUT2D eigenvalue weighted by Gasteiger charge is -2.12. The highest BCUT2D eigenvalue weighted by molar-refractivity contribution is 5.69. The number of hydrogen-bond acceptors (Lipinski definition) is 7. The zero-order valence-corrected chi connectivity index (χ0v) is 11.7. The second-order valence-corrected chi connectivity index (χ2v) is 4.34. The van der Waals surface area contributed by atoms with Crippen molar-refractivity contribution >= 4 is 17.5 Å². The van der Waals surface area contributed by atoms with Gasteiger partial charge in [-0.15, -0.1) is 0 Å². The normalized spacial score (nSPS) is 10.3. The Kier molecular flexibility index (Phi) is 5.17. The van der Waals surface area contributed by atoms with Gasteiger partial charge in [0.25, 0.3) is 5.69 Å². The molecule has 0 saturated carbocycles. The molecule has 0 spiro atoms. The predicted octanol–water partition coefficient (Wildman–Crippen LogP) is 3.16. The molecule has 1 aromatic rings. The first kappa shape index (κ1) is 16.3. The quantitative estimate of drug-likeness (QED) is 0.354. The smallest absolute Gasteiger partial charge is 0.434 e. The van der Waals surface area contributed by atoms with Crippen molar-refractivity contribution in [2.45, 2.75) is 26.7 Å². The average molecular weight is 298 g/mol. The van der Waals surface area contributed by atoms with Gasteiger partial charge in [0.2, 0.25) is 5.75 Å². The Bertz CT molecular complexity index is 583. The van der Waals surface area contributed by atoms with Crippen molar-refractivity contribution in [2.24, 2.45) is 0 Å². The van der Waals surface area contributed by atoms with Gasteiger partial charge in [-0.2, -0.15) is 0 Å². The fraction of sp³-hybridized carbons (Fsp3) is 0.417. The molecule has 1 rings (SSSR count). The molecule has 9 nitrogen and oxygen atoms in total. The van der Waals surface area contributed by atoms with Gasteiger partial charge in [-0.3, -0.25) is 20.2 Å². The highest BCUT2D eigenvalue weighted by Crippen LogP contribution is 2.39. The fourth-order valence-electron chi connectivity index (χ4n) is 1.63. The standard InChI is InChI=1S/C12H14N2O7/c1-4-20-12(15)21-11-9(7(2)3)5-8(13(16)17)6-10(11)14(18)19/h5-7H,4H2,1-3H3. The minimum absolute atomic E-state index is 0.0383. The van der Waals surface area contributed by atoms with Crippen LogP contribution in [0.25, 0.3) is 0 Å². The monoisotopic (exact) mass is 298 g/mol. The molecule has 0 N–H and O–H groups in total. The topological polar surface area (TPSA) is 122 Å². The van der Waals surface area contributed by atoms with E-state index < -0.39 is 27.4 Å². The van der Waals surface area contributed by atoms with E-state index >= 15 is 0 Å². The number of rotatable bonds is 5. The van der Waals surface area contributed by atoms with Crippen LogP contribution in [0.1, 0.15) is 32.3 Å². The Hall–Kier alpha value is -2.71. The van der Waals surface area contributed by atoms with Crippen LogP contribution in [0, 0.1) is 20.2 Å². The zero-order valence-electron chi connectivity index (χ0n) is 11.7. The second-order valence-electron chi connectivity index (χ2n) is 4.34. The van der Waals surface area contributed by atoms with E-state index in [1.807, 2.05) is 0 Å². The van der Waals surface area contributed by atoms with Crippen LogP contribution in [0.4, 0.5) is 16.2 Å². The lowest BCUT2D eigenvalue weighted by atomic mass is 10.0. The van der Waals surface area contributed by atoms with Crippen LogP contribution < -0.4 is 4.74 Å². The molecule has 1 aromatic carbocycles. The number of benzene rings is 1. The molecule has 0 heterocycles. The van der Waals surface area contributed by atoms with E-state index in [0.29, 0.717) is 0 Å². The molecular formula is C12H14N2O7. The number of nitrogens with zero attached hydrogens (tertiary/aromatic N) is 2. The van der Waals surface area contributed by atoms with Gasteiger partial charge in [0.1, 0.15) is 0 Å². The molecule has 0 aromatic heterocycles. The summed E-state index contributed by atoms with van der Waals surface area (Å²) in [6.45, 7) is 4.92. The number of non-ortho nitro benzene ring substituents is 1. The molecule has 9 heteroatoms. The van der Waals surface area contributed by atoms with Crippen LogP contribution in [-0.4, -0.2) is 22.6 Å². The van der Waals surface area contributed by atoms with Crippen molar-refractivity contribution in [3.8, 4) is 5.75 Å². The third-order valence-electron chi connectivity index (χ3n) is 2.56. The summed E-state index contributed by atoms with van der Waals surface area (Å²) in [4.78, 5) is 31.7. The summed E-state index contributed by atoms with van der Waals surface area (Å²) < 4.78 is 9.42. The first-order valence-electron chi connectivity index (χ1n) is 6.09. The Morgan fingerprint density at radius 3 is 2.29 bits per heavy atom. The molecule has 0 bridgehead atoms. The van der Waals surface area contributed by atoms with Crippen molar-refractivity contribution in [3.63, 3.8) is 0 Å². The number of nitro benzene ring substituents is 2. The van der Waals surface area contributed by atoms with Crippen LogP contribution in [0.15, 0.2) is 12.1 Å². The number of hydrogen-bond donors (Lipinski definition) is 0. The second kappa shape index (κ2) is 6.64. The first-order valence-corrected chi connectivity index (χ1v) is 6.09. The SMILES string of the molecule is CCOC(=O)Oc1c(C(C)C)cc([N+](=O)[O-])cc1[N+](=O)[O-]. The van der Waals surface area contributed by atoms with Crippen LogP contribution in [-0.2, 0) is 4.74 Å². The molecule has 0 atom stereocenters. The Balaban J connectivity index is 3.46. The molecular weight excluding hydrogens is 284 g/mol. The summed E-state index contributed by atoms with van der Waals surface area (Å²) in [6, 6.07) is 1.90. The lowest BCUT2D eigenvalue weighted by Crippen LogP contribution is -2.13. The maximum absolute atomic E-state index is 11.4. The lowest BCUT2D eigenvalue weighted by molar-refractivity contribution is -0.394. The van der Waals surface area contributed by atoms with Gasteiger partial charge in [0.05, 0.1) is 22.5 Å². The van der Waals surface area contributed by atoms with Crippen LogP contribution in [0.3, 0.4) is 0 Å². The summed E-state index contributed by atoms with van der Waals surface area (Å²) in [6.07, 6.45) is -1.10. The summed E-state index contributed by atoms with van der Waals surface area (Å²) in [5, 5.41) is 21.9. The molecule has 0 aliphatic rings. The van der Waals surface area contributed by atoms with Crippen molar-refractivity contribution in [2.75, 3.05) is 6.61 Å². The van der Waals surface area contributed by atoms with E-state index in [1.165, 1.54) is 0 Å².